The zero-order valence-corrected chi connectivity index (χ0v) is 18.7. The number of pyridine rings is 1. The van der Waals surface area contributed by atoms with E-state index in [0.29, 0.717) is 17.7 Å². The normalized spacial score (nSPS) is 19.5. The Morgan fingerprint density at radius 2 is 1.88 bits per heavy atom. The van der Waals surface area contributed by atoms with E-state index in [1.165, 1.54) is 0 Å². The Labute approximate surface area is 193 Å². The maximum absolute atomic E-state index is 14.0. The third kappa shape index (κ3) is 2.92. The molecule has 6 rings (SSSR count). The highest BCUT2D eigenvalue weighted by Gasteiger charge is 2.44. The largest absolute Gasteiger partial charge is 0.327 e. The third-order valence-electron chi connectivity index (χ3n) is 7.22. The minimum atomic E-state index is -1.49. The van der Waals surface area contributed by atoms with Crippen LogP contribution in [-0.2, 0) is 13.5 Å². The van der Waals surface area contributed by atoms with Crippen molar-refractivity contribution in [2.75, 3.05) is 0 Å². The first-order valence-electron chi connectivity index (χ1n) is 11.3. The molecule has 1 fully saturated rings. The first kappa shape index (κ1) is 20.9. The molecule has 2 aliphatic heterocycles. The second-order valence-corrected chi connectivity index (χ2v) is 9.09. The maximum Gasteiger partial charge on any atom is 0.256 e. The number of rotatable bonds is 2. The van der Waals surface area contributed by atoms with E-state index < -0.39 is 17.5 Å². The number of carbonyl (C=O) groups is 1. The third-order valence-corrected chi connectivity index (χ3v) is 7.22. The van der Waals surface area contributed by atoms with Crippen LogP contribution < -0.4 is 0 Å². The highest BCUT2D eigenvalue weighted by atomic mass is 19.2. The van der Waals surface area contributed by atoms with Gasteiger partial charge in [-0.05, 0) is 56.9 Å². The van der Waals surface area contributed by atoms with Gasteiger partial charge >= 0.3 is 0 Å². The van der Waals surface area contributed by atoms with Gasteiger partial charge in [0.2, 0.25) is 0 Å². The average Bonchev–Trinajstić information content (AvgIpc) is 3.41. The van der Waals surface area contributed by atoms with Gasteiger partial charge in [-0.3, -0.25) is 9.48 Å². The minimum absolute atomic E-state index is 0.0560. The van der Waals surface area contributed by atoms with Crippen molar-refractivity contribution in [3.05, 3.63) is 76.6 Å². The number of hydrogen-bond donors (Lipinski definition) is 0. The lowest BCUT2D eigenvalue weighted by atomic mass is 9.81. The molecule has 0 aliphatic carbocycles. The van der Waals surface area contributed by atoms with Crippen molar-refractivity contribution in [2.45, 2.75) is 44.7 Å². The summed E-state index contributed by atoms with van der Waals surface area (Å²) in [4.78, 5) is 20.0. The summed E-state index contributed by atoms with van der Waals surface area (Å²) in [6, 6.07) is 5.37. The summed E-state index contributed by atoms with van der Waals surface area (Å²) in [5.74, 6) is -4.01. The molecule has 2 bridgehead atoms. The van der Waals surface area contributed by atoms with E-state index in [2.05, 4.69) is 10.1 Å². The molecule has 34 heavy (non-hydrogen) atoms. The number of benzene rings is 1. The fourth-order valence-corrected chi connectivity index (χ4v) is 5.70. The molecule has 4 aromatic rings. The Hall–Kier alpha value is -3.62. The van der Waals surface area contributed by atoms with Crippen LogP contribution in [0.4, 0.5) is 13.2 Å². The number of amides is 1. The average molecular weight is 465 g/mol. The topological polar surface area (TPSA) is 55.4 Å². The van der Waals surface area contributed by atoms with E-state index in [4.69, 9.17) is 0 Å². The summed E-state index contributed by atoms with van der Waals surface area (Å²) in [5, 5.41) is 4.69. The van der Waals surface area contributed by atoms with Gasteiger partial charge in [0, 0.05) is 42.3 Å². The molecule has 1 aromatic carbocycles. The molecule has 1 saturated heterocycles. The lowest BCUT2D eigenvalue weighted by Crippen LogP contribution is -2.50. The van der Waals surface area contributed by atoms with Crippen molar-refractivity contribution in [1.82, 2.24) is 24.1 Å². The molecule has 0 unspecified atom stereocenters. The fraction of sp³-hybridized carbons (Fsp3) is 0.320. The van der Waals surface area contributed by atoms with Crippen molar-refractivity contribution >= 4 is 11.6 Å². The van der Waals surface area contributed by atoms with Crippen LogP contribution in [0.15, 0.2) is 36.7 Å². The lowest BCUT2D eigenvalue weighted by Gasteiger charge is -2.45. The van der Waals surface area contributed by atoms with Gasteiger partial charge in [0.05, 0.1) is 23.0 Å². The van der Waals surface area contributed by atoms with Gasteiger partial charge in [-0.1, -0.05) is 0 Å². The van der Waals surface area contributed by atoms with Crippen LogP contribution >= 0.6 is 0 Å². The van der Waals surface area contributed by atoms with Gasteiger partial charge in [0.1, 0.15) is 5.65 Å². The minimum Gasteiger partial charge on any atom is -0.327 e. The first-order valence-corrected chi connectivity index (χ1v) is 11.3. The van der Waals surface area contributed by atoms with Crippen LogP contribution in [-0.4, -0.2) is 36.0 Å². The van der Waals surface area contributed by atoms with Crippen LogP contribution in [0.3, 0.4) is 0 Å². The zero-order valence-electron chi connectivity index (χ0n) is 18.7. The number of imidazole rings is 1. The predicted octanol–water partition coefficient (Wildman–Crippen LogP) is 4.75. The number of aryl methyl sites for hydroxylation is 2. The van der Waals surface area contributed by atoms with E-state index in [0.717, 1.165) is 54.0 Å². The first-order chi connectivity index (χ1) is 16.3. The molecule has 0 spiro atoms. The fourth-order valence-electron chi connectivity index (χ4n) is 5.70. The monoisotopic (exact) mass is 465 g/mol. The van der Waals surface area contributed by atoms with Crippen LogP contribution in [0.5, 0.6) is 0 Å². The number of carbonyl (C=O) groups excluding carboxylic acids is 1. The number of nitrogens with zero attached hydrogens (tertiary/aromatic N) is 5. The van der Waals surface area contributed by atoms with E-state index >= 15 is 0 Å². The molecule has 2 atom stereocenters. The van der Waals surface area contributed by atoms with Gasteiger partial charge < -0.3 is 9.30 Å². The summed E-state index contributed by atoms with van der Waals surface area (Å²) in [6.45, 7) is 1.91. The summed E-state index contributed by atoms with van der Waals surface area (Å²) >= 11 is 0. The van der Waals surface area contributed by atoms with Crippen molar-refractivity contribution in [3.63, 3.8) is 0 Å². The Balaban J connectivity index is 1.45. The van der Waals surface area contributed by atoms with E-state index in [9.17, 15) is 18.0 Å². The van der Waals surface area contributed by atoms with Gasteiger partial charge in [-0.2, -0.15) is 5.10 Å². The smallest absolute Gasteiger partial charge is 0.256 e. The molecular weight excluding hydrogens is 443 g/mol. The van der Waals surface area contributed by atoms with Crippen molar-refractivity contribution < 1.29 is 18.0 Å². The molecule has 0 N–H and O–H groups in total. The van der Waals surface area contributed by atoms with Crippen LogP contribution in [0, 0.1) is 24.4 Å². The number of piperidine rings is 1. The van der Waals surface area contributed by atoms with Gasteiger partial charge in [0.25, 0.3) is 5.91 Å². The van der Waals surface area contributed by atoms with E-state index in [-0.39, 0.29) is 23.6 Å². The van der Waals surface area contributed by atoms with E-state index in [1.807, 2.05) is 34.6 Å². The van der Waals surface area contributed by atoms with Gasteiger partial charge in [-0.25, -0.2) is 18.2 Å². The maximum atomic E-state index is 14.0. The van der Waals surface area contributed by atoms with Crippen molar-refractivity contribution in [3.8, 4) is 11.3 Å². The molecule has 3 aromatic heterocycles. The number of aromatic nitrogens is 4. The highest BCUT2D eigenvalue weighted by Crippen LogP contribution is 2.45. The molecule has 5 heterocycles. The quantitative estimate of drug-likeness (QED) is 0.402. The van der Waals surface area contributed by atoms with Crippen molar-refractivity contribution in [1.29, 1.82) is 0 Å². The second-order valence-electron chi connectivity index (χ2n) is 9.09. The second kappa shape index (κ2) is 7.44. The Kier molecular flexibility index (Phi) is 4.59. The van der Waals surface area contributed by atoms with Gasteiger partial charge in [0.15, 0.2) is 17.5 Å². The molecule has 0 radical (unpaired) electrons. The lowest BCUT2D eigenvalue weighted by molar-refractivity contribution is 0.0390. The zero-order chi connectivity index (χ0) is 23.7. The summed E-state index contributed by atoms with van der Waals surface area (Å²) in [5.41, 5.74) is 4.64. The molecule has 6 nitrogen and oxygen atoms in total. The predicted molar refractivity (Wildman–Crippen MR) is 119 cm³/mol. The highest BCUT2D eigenvalue weighted by molar-refractivity contribution is 5.96. The Morgan fingerprint density at radius 1 is 1.12 bits per heavy atom. The Morgan fingerprint density at radius 3 is 2.65 bits per heavy atom. The van der Waals surface area contributed by atoms with Crippen molar-refractivity contribution in [2.24, 2.45) is 7.05 Å². The van der Waals surface area contributed by atoms with Gasteiger partial charge in [-0.15, -0.1) is 0 Å². The van der Waals surface area contributed by atoms with Crippen LogP contribution in [0.1, 0.15) is 52.6 Å². The Bertz CT molecular complexity index is 1450. The molecule has 174 valence electrons. The number of hydrogen-bond acceptors (Lipinski definition) is 3. The number of halogens is 3. The molecular formula is C25H22F3N5O. The standard InChI is InChI=1S/C25H22F3N5O/c1-13-16(6-7-21-29-8-9-32(13)21)25(34)33-15-4-3-5-20(33)23-17(12-15)24(31(2)30-23)14-10-18(26)22(28)19(27)11-14/h6-11,15,20H,3-5,12H2,1-2H3/t15-,20+/m1/s1. The molecule has 0 saturated carbocycles. The van der Waals surface area contributed by atoms with Crippen LogP contribution in [0.2, 0.25) is 0 Å². The summed E-state index contributed by atoms with van der Waals surface area (Å²) in [7, 11) is 1.71. The molecule has 2 aliphatic rings. The molecule has 9 heteroatoms. The number of fused-ring (bicyclic) bond motifs is 5. The summed E-state index contributed by atoms with van der Waals surface area (Å²) < 4.78 is 45.1. The summed E-state index contributed by atoms with van der Waals surface area (Å²) in [6.07, 6.45) is 6.61. The van der Waals surface area contributed by atoms with Crippen LogP contribution in [0.25, 0.3) is 16.9 Å². The molecule has 1 amide bonds. The SMILES string of the molecule is Cc1c(C(=O)N2[C@@H]3CCC[C@H]2c2nn(C)c(-c4cc(F)c(F)c(F)c4)c2C3)ccc2nccn12. The van der Waals surface area contributed by atoms with E-state index in [1.54, 1.807) is 17.9 Å².